The Labute approximate surface area is 128 Å². The first-order chi connectivity index (χ1) is 10.3. The molecular formula is C15H18N4OS. The van der Waals surface area contributed by atoms with Crippen LogP contribution in [0.3, 0.4) is 0 Å². The van der Waals surface area contributed by atoms with Gasteiger partial charge in [0.15, 0.2) is 0 Å². The molecule has 5 nitrogen and oxygen atoms in total. The van der Waals surface area contributed by atoms with E-state index in [1.807, 2.05) is 22.7 Å². The summed E-state index contributed by atoms with van der Waals surface area (Å²) in [5.41, 5.74) is 0.550. The van der Waals surface area contributed by atoms with Crippen LogP contribution < -0.4 is 4.90 Å². The molecule has 0 saturated carbocycles. The first-order valence-corrected chi connectivity index (χ1v) is 8.44. The van der Waals surface area contributed by atoms with Crippen molar-refractivity contribution in [3.63, 3.8) is 0 Å². The van der Waals surface area contributed by atoms with Crippen LogP contribution in [0.1, 0.15) is 18.4 Å². The Morgan fingerprint density at radius 3 is 2.81 bits per heavy atom. The summed E-state index contributed by atoms with van der Waals surface area (Å²) in [6.07, 6.45) is 3.48. The molecule has 21 heavy (non-hydrogen) atoms. The Balaban J connectivity index is 1.75. The second-order valence-electron chi connectivity index (χ2n) is 5.31. The maximum Gasteiger partial charge on any atom is 0.245 e. The van der Waals surface area contributed by atoms with Crippen molar-refractivity contribution in [2.45, 2.75) is 18.9 Å². The van der Waals surface area contributed by atoms with Gasteiger partial charge in [0.1, 0.15) is 17.9 Å². The summed E-state index contributed by atoms with van der Waals surface area (Å²) in [6, 6.07) is 5.59. The molecule has 0 N–H and O–H groups in total. The Morgan fingerprint density at radius 2 is 2.14 bits per heavy atom. The Hall–Kier alpha value is -1.74. The molecule has 0 radical (unpaired) electrons. The van der Waals surface area contributed by atoms with Crippen LogP contribution in [0.5, 0.6) is 0 Å². The van der Waals surface area contributed by atoms with Gasteiger partial charge in [-0.3, -0.25) is 4.79 Å². The van der Waals surface area contributed by atoms with Crippen LogP contribution in [-0.4, -0.2) is 53.0 Å². The van der Waals surface area contributed by atoms with E-state index in [-0.39, 0.29) is 11.9 Å². The van der Waals surface area contributed by atoms with E-state index in [2.05, 4.69) is 16.0 Å². The zero-order valence-electron chi connectivity index (χ0n) is 11.9. The van der Waals surface area contributed by atoms with Crippen molar-refractivity contribution in [2.75, 3.05) is 36.0 Å². The van der Waals surface area contributed by atoms with Gasteiger partial charge < -0.3 is 9.80 Å². The van der Waals surface area contributed by atoms with Gasteiger partial charge in [-0.1, -0.05) is 0 Å². The number of nitriles is 1. The average Bonchev–Trinajstić information content (AvgIpc) is 3.04. The highest BCUT2D eigenvalue weighted by Crippen LogP contribution is 2.26. The van der Waals surface area contributed by atoms with Gasteiger partial charge in [0.2, 0.25) is 5.91 Å². The Morgan fingerprint density at radius 1 is 1.33 bits per heavy atom. The topological polar surface area (TPSA) is 60.2 Å². The van der Waals surface area contributed by atoms with E-state index in [0.29, 0.717) is 5.56 Å². The van der Waals surface area contributed by atoms with Gasteiger partial charge in [0.05, 0.1) is 5.56 Å². The molecule has 0 bridgehead atoms. The number of pyridine rings is 1. The zero-order valence-corrected chi connectivity index (χ0v) is 12.7. The summed E-state index contributed by atoms with van der Waals surface area (Å²) in [7, 11) is 0. The van der Waals surface area contributed by atoms with Gasteiger partial charge in [-0.2, -0.15) is 17.0 Å². The van der Waals surface area contributed by atoms with E-state index in [1.54, 1.807) is 12.3 Å². The number of nitrogens with zero attached hydrogens (tertiary/aromatic N) is 4. The lowest BCUT2D eigenvalue weighted by atomic mass is 10.2. The normalized spacial score (nSPS) is 22.1. The van der Waals surface area contributed by atoms with Crippen molar-refractivity contribution in [3.8, 4) is 6.07 Å². The van der Waals surface area contributed by atoms with Gasteiger partial charge in [-0.15, -0.1) is 0 Å². The molecule has 2 aliphatic rings. The standard InChI is InChI=1S/C15H18N4OS/c16-10-12-3-4-14(17-11-12)19-5-1-2-13(19)15(20)18-6-8-21-9-7-18/h3-4,11,13H,1-2,5-9H2/t13-/m0/s1. The van der Waals surface area contributed by atoms with Crippen LogP contribution in [-0.2, 0) is 4.79 Å². The number of carbonyl (C=O) groups excluding carboxylic acids is 1. The first kappa shape index (κ1) is 14.2. The molecule has 1 atom stereocenters. The van der Waals surface area contributed by atoms with Crippen molar-refractivity contribution in [1.82, 2.24) is 9.88 Å². The number of anilines is 1. The fourth-order valence-electron chi connectivity index (χ4n) is 2.91. The lowest BCUT2D eigenvalue weighted by Gasteiger charge is -2.32. The number of aromatic nitrogens is 1. The van der Waals surface area contributed by atoms with Crippen LogP contribution in [0.4, 0.5) is 5.82 Å². The summed E-state index contributed by atoms with van der Waals surface area (Å²) in [5, 5.41) is 8.84. The molecule has 0 unspecified atom stereocenters. The molecule has 3 heterocycles. The molecule has 3 rings (SSSR count). The summed E-state index contributed by atoms with van der Waals surface area (Å²) < 4.78 is 0. The number of hydrogen-bond donors (Lipinski definition) is 0. The van der Waals surface area contributed by atoms with Crippen molar-refractivity contribution in [1.29, 1.82) is 5.26 Å². The summed E-state index contributed by atoms with van der Waals surface area (Å²) in [4.78, 5) is 21.1. The summed E-state index contributed by atoms with van der Waals surface area (Å²) >= 11 is 1.91. The molecule has 0 aromatic carbocycles. The van der Waals surface area contributed by atoms with Gasteiger partial charge >= 0.3 is 0 Å². The minimum atomic E-state index is -0.0893. The van der Waals surface area contributed by atoms with E-state index in [0.717, 1.165) is 49.8 Å². The molecule has 1 aromatic heterocycles. The first-order valence-electron chi connectivity index (χ1n) is 7.29. The van der Waals surface area contributed by atoms with Crippen LogP contribution >= 0.6 is 11.8 Å². The van der Waals surface area contributed by atoms with Crippen molar-refractivity contribution >= 4 is 23.5 Å². The lowest BCUT2D eigenvalue weighted by Crippen LogP contribution is -2.48. The summed E-state index contributed by atoms with van der Waals surface area (Å²) in [6.45, 7) is 2.57. The second kappa shape index (κ2) is 6.35. The predicted molar refractivity (Wildman–Crippen MR) is 83.2 cm³/mol. The molecule has 0 spiro atoms. The molecule has 1 aromatic rings. The van der Waals surface area contributed by atoms with Crippen molar-refractivity contribution < 1.29 is 4.79 Å². The Bertz CT molecular complexity index is 548. The molecule has 110 valence electrons. The van der Waals surface area contributed by atoms with Crippen LogP contribution in [0.2, 0.25) is 0 Å². The monoisotopic (exact) mass is 302 g/mol. The highest BCUT2D eigenvalue weighted by atomic mass is 32.2. The highest BCUT2D eigenvalue weighted by molar-refractivity contribution is 7.99. The minimum absolute atomic E-state index is 0.0893. The van der Waals surface area contributed by atoms with E-state index in [9.17, 15) is 4.79 Å². The third-order valence-electron chi connectivity index (χ3n) is 4.03. The van der Waals surface area contributed by atoms with Gasteiger partial charge in [0, 0.05) is 37.3 Å². The van der Waals surface area contributed by atoms with Crippen LogP contribution in [0.15, 0.2) is 18.3 Å². The zero-order chi connectivity index (χ0) is 14.7. The molecular weight excluding hydrogens is 284 g/mol. The Kier molecular flexibility index (Phi) is 4.30. The maximum absolute atomic E-state index is 12.7. The lowest BCUT2D eigenvalue weighted by molar-refractivity contribution is -0.132. The number of hydrogen-bond acceptors (Lipinski definition) is 5. The van der Waals surface area contributed by atoms with Crippen LogP contribution in [0.25, 0.3) is 0 Å². The molecule has 6 heteroatoms. The fourth-order valence-corrected chi connectivity index (χ4v) is 3.82. The number of amides is 1. The smallest absolute Gasteiger partial charge is 0.245 e. The predicted octanol–water partition coefficient (Wildman–Crippen LogP) is 1.50. The van der Waals surface area contributed by atoms with E-state index in [4.69, 9.17) is 5.26 Å². The number of carbonyl (C=O) groups is 1. The quantitative estimate of drug-likeness (QED) is 0.828. The summed E-state index contributed by atoms with van der Waals surface area (Å²) in [5.74, 6) is 3.11. The second-order valence-corrected chi connectivity index (χ2v) is 6.53. The average molecular weight is 302 g/mol. The van der Waals surface area contributed by atoms with Crippen molar-refractivity contribution in [3.05, 3.63) is 23.9 Å². The van der Waals surface area contributed by atoms with Crippen molar-refractivity contribution in [2.24, 2.45) is 0 Å². The van der Waals surface area contributed by atoms with E-state index in [1.165, 1.54) is 0 Å². The number of rotatable bonds is 2. The van der Waals surface area contributed by atoms with Gasteiger partial charge in [-0.25, -0.2) is 4.98 Å². The van der Waals surface area contributed by atoms with E-state index >= 15 is 0 Å². The third kappa shape index (κ3) is 2.98. The van der Waals surface area contributed by atoms with Crippen LogP contribution in [0, 0.1) is 11.3 Å². The van der Waals surface area contributed by atoms with Gasteiger partial charge in [-0.05, 0) is 25.0 Å². The molecule has 2 saturated heterocycles. The number of thioether (sulfide) groups is 1. The SMILES string of the molecule is N#Cc1ccc(N2CCC[C@H]2C(=O)N2CCSCC2)nc1. The third-order valence-corrected chi connectivity index (χ3v) is 4.97. The molecule has 2 aliphatic heterocycles. The largest absolute Gasteiger partial charge is 0.345 e. The fraction of sp³-hybridized carbons (Fsp3) is 0.533. The minimum Gasteiger partial charge on any atom is -0.345 e. The molecule has 0 aliphatic carbocycles. The highest BCUT2D eigenvalue weighted by Gasteiger charge is 2.34. The molecule has 1 amide bonds. The van der Waals surface area contributed by atoms with Gasteiger partial charge in [0.25, 0.3) is 0 Å². The van der Waals surface area contributed by atoms with E-state index < -0.39 is 0 Å². The molecule has 2 fully saturated rings. The maximum atomic E-state index is 12.7.